The molecule has 11 heteroatoms. The van der Waals surface area contributed by atoms with Gasteiger partial charge in [0, 0.05) is 32.5 Å². The maximum atomic E-state index is 13.1. The Morgan fingerprint density at radius 3 is 2.69 bits per heavy atom. The van der Waals surface area contributed by atoms with Crippen LogP contribution in [-0.4, -0.2) is 60.0 Å². The van der Waals surface area contributed by atoms with Crippen molar-refractivity contribution in [3.63, 3.8) is 0 Å². The lowest BCUT2D eigenvalue weighted by molar-refractivity contribution is 0.362. The zero-order valence-electron chi connectivity index (χ0n) is 16.4. The van der Waals surface area contributed by atoms with E-state index in [4.69, 9.17) is 9.62 Å². The van der Waals surface area contributed by atoms with Crippen LogP contribution in [0.2, 0.25) is 0 Å². The maximum absolute atomic E-state index is 13.1. The molecule has 0 aromatic carbocycles. The van der Waals surface area contributed by atoms with Crippen molar-refractivity contribution >= 4 is 21.9 Å². The lowest BCUT2D eigenvalue weighted by Crippen LogP contribution is -2.40. The van der Waals surface area contributed by atoms with Crippen molar-refractivity contribution in [3.8, 4) is 0 Å². The van der Waals surface area contributed by atoms with E-state index in [1.807, 2.05) is 16.6 Å². The fourth-order valence-corrected chi connectivity index (χ4v) is 5.66. The molecule has 2 aliphatic rings. The second-order valence-corrected chi connectivity index (χ2v) is 9.57. The standard InChI is InChI=1S/C18H23N7O3S/c1-12-17(13(2)28-22-12)29(26,27)24-9-3-8-23(10-11-24)16-7-6-15-19-20-18(14-4-5-14)25(15)21-16/h6-7,14H,3-5,8-11H2,1-2H3. The summed E-state index contributed by atoms with van der Waals surface area (Å²) in [7, 11) is -3.64. The Balaban J connectivity index is 1.38. The first-order chi connectivity index (χ1) is 13.9. The van der Waals surface area contributed by atoms with Gasteiger partial charge in [-0.05, 0) is 38.3 Å². The molecule has 3 aromatic heterocycles. The number of nitrogens with zero attached hydrogens (tertiary/aromatic N) is 7. The third-order valence-corrected chi connectivity index (χ3v) is 7.70. The average Bonchev–Trinajstić information content (AvgIpc) is 3.42. The molecular weight excluding hydrogens is 394 g/mol. The van der Waals surface area contributed by atoms with Crippen molar-refractivity contribution in [2.24, 2.45) is 0 Å². The lowest BCUT2D eigenvalue weighted by Gasteiger charge is -2.26. The van der Waals surface area contributed by atoms with E-state index in [0.717, 1.165) is 36.7 Å². The predicted molar refractivity (Wildman–Crippen MR) is 104 cm³/mol. The summed E-state index contributed by atoms with van der Waals surface area (Å²) >= 11 is 0. The van der Waals surface area contributed by atoms with E-state index in [1.165, 1.54) is 4.31 Å². The average molecular weight is 417 g/mol. The summed E-state index contributed by atoms with van der Waals surface area (Å²) in [5, 5.41) is 17.0. The molecule has 154 valence electrons. The van der Waals surface area contributed by atoms with Gasteiger partial charge in [-0.1, -0.05) is 9.37 Å². The Morgan fingerprint density at radius 1 is 1.14 bits per heavy atom. The van der Waals surface area contributed by atoms with E-state index in [-0.39, 0.29) is 4.90 Å². The Morgan fingerprint density at radius 2 is 1.97 bits per heavy atom. The molecule has 2 fully saturated rings. The molecule has 1 unspecified atom stereocenters. The Bertz CT molecular complexity index is 1090. The molecule has 0 radical (unpaired) electrons. The molecular formula is C18H23N7O3S. The summed E-state index contributed by atoms with van der Waals surface area (Å²) in [5.41, 5.74) is 1.14. The third-order valence-electron chi connectivity index (χ3n) is 5.56. The molecule has 5 rings (SSSR count). The van der Waals surface area contributed by atoms with Crippen LogP contribution >= 0.6 is 0 Å². The van der Waals surface area contributed by atoms with Gasteiger partial charge in [0.2, 0.25) is 4.90 Å². The number of hydrogen-bond acceptors (Lipinski definition) is 8. The highest BCUT2D eigenvalue weighted by molar-refractivity contribution is 7.95. The van der Waals surface area contributed by atoms with Crippen LogP contribution < -0.4 is 4.90 Å². The van der Waals surface area contributed by atoms with Gasteiger partial charge in [0.1, 0.15) is 11.5 Å². The van der Waals surface area contributed by atoms with Crippen LogP contribution in [-0.2, 0) is 14.6 Å². The second kappa shape index (κ2) is 6.85. The summed E-state index contributed by atoms with van der Waals surface area (Å²) in [6.07, 6.45) is 2.97. The summed E-state index contributed by atoms with van der Waals surface area (Å²) in [6, 6.07) is 3.85. The van der Waals surface area contributed by atoms with Crippen molar-refractivity contribution in [1.82, 2.24) is 29.3 Å². The predicted octanol–water partition coefficient (Wildman–Crippen LogP) is 1.72. The first-order valence-corrected chi connectivity index (χ1v) is 11.3. The van der Waals surface area contributed by atoms with Gasteiger partial charge < -0.3 is 14.0 Å². The Labute approximate surface area is 169 Å². The number of rotatable bonds is 4. The maximum Gasteiger partial charge on any atom is 0.240 e. The van der Waals surface area contributed by atoms with Gasteiger partial charge in [-0.15, -0.1) is 19.6 Å². The molecule has 0 N–H and O–H groups in total. The Kier molecular flexibility index (Phi) is 4.41. The van der Waals surface area contributed by atoms with Gasteiger partial charge in [0.25, 0.3) is 0 Å². The lowest BCUT2D eigenvalue weighted by atomic mass is 10.3. The van der Waals surface area contributed by atoms with Crippen molar-refractivity contribution < 1.29 is 13.3 Å². The first kappa shape index (κ1) is 18.6. The van der Waals surface area contributed by atoms with E-state index in [1.54, 1.807) is 13.8 Å². The molecule has 1 aliphatic heterocycles. The minimum Gasteiger partial charge on any atom is -0.593 e. The van der Waals surface area contributed by atoms with Gasteiger partial charge in [-0.2, -0.15) is 4.52 Å². The molecule has 4 heterocycles. The van der Waals surface area contributed by atoms with Gasteiger partial charge in [0.05, 0.1) is 6.54 Å². The van der Waals surface area contributed by atoms with E-state index in [0.29, 0.717) is 43.4 Å². The number of fused-ring (bicyclic) bond motifs is 1. The van der Waals surface area contributed by atoms with Gasteiger partial charge >= 0.3 is 0 Å². The number of sulfonamides is 1. The quantitative estimate of drug-likeness (QED) is 0.589. The van der Waals surface area contributed by atoms with Crippen molar-refractivity contribution in [2.45, 2.75) is 43.9 Å². The van der Waals surface area contributed by atoms with Crippen LogP contribution in [0.1, 0.15) is 42.5 Å². The largest absolute Gasteiger partial charge is 0.593 e. The topological polar surface area (TPSA) is 116 Å². The zero-order valence-corrected chi connectivity index (χ0v) is 17.3. The van der Waals surface area contributed by atoms with Crippen molar-refractivity contribution in [3.05, 3.63) is 29.4 Å². The number of aromatic nitrogens is 5. The van der Waals surface area contributed by atoms with E-state index < -0.39 is 10.4 Å². The molecule has 29 heavy (non-hydrogen) atoms. The molecule has 1 saturated carbocycles. The van der Waals surface area contributed by atoms with Crippen molar-refractivity contribution in [1.29, 1.82) is 0 Å². The van der Waals surface area contributed by atoms with E-state index >= 15 is 0 Å². The van der Waals surface area contributed by atoms with Crippen LogP contribution in [0.4, 0.5) is 5.82 Å². The minimum atomic E-state index is -3.64. The Hall–Kier alpha value is -2.37. The molecule has 3 aromatic rings. The van der Waals surface area contributed by atoms with Gasteiger partial charge in [0.15, 0.2) is 27.6 Å². The van der Waals surface area contributed by atoms with Crippen LogP contribution in [0.15, 0.2) is 21.6 Å². The fraction of sp³-hybridized carbons (Fsp3) is 0.556. The van der Waals surface area contributed by atoms with Crippen molar-refractivity contribution in [2.75, 3.05) is 31.1 Å². The molecule has 0 spiro atoms. The summed E-state index contributed by atoms with van der Waals surface area (Å²) in [4.78, 5) is 2.31. The van der Waals surface area contributed by atoms with Gasteiger partial charge in [-0.25, -0.2) is 0 Å². The highest BCUT2D eigenvalue weighted by atomic mass is 32.3. The SMILES string of the molecule is Cc1noc(C)c1[S+](=O)([O-])N1CCCN(c2ccc3nnc(C4CC4)n3n2)CC1. The highest BCUT2D eigenvalue weighted by Crippen LogP contribution is 2.38. The number of hydrogen-bond donors (Lipinski definition) is 0. The third kappa shape index (κ3) is 3.22. The molecule has 10 nitrogen and oxygen atoms in total. The fourth-order valence-electron chi connectivity index (χ4n) is 3.90. The van der Waals surface area contributed by atoms with Crippen LogP contribution in [0.5, 0.6) is 0 Å². The monoisotopic (exact) mass is 417 g/mol. The number of aryl methyl sites for hydroxylation is 2. The molecule has 1 saturated heterocycles. The summed E-state index contributed by atoms with van der Waals surface area (Å²) in [5.74, 6) is 2.51. The molecule has 0 bridgehead atoms. The van der Waals surface area contributed by atoms with Crippen LogP contribution in [0, 0.1) is 13.8 Å². The second-order valence-electron chi connectivity index (χ2n) is 7.69. The highest BCUT2D eigenvalue weighted by Gasteiger charge is 2.37. The number of anilines is 1. The first-order valence-electron chi connectivity index (χ1n) is 9.85. The van der Waals surface area contributed by atoms with Crippen LogP contribution in [0.3, 0.4) is 0 Å². The van der Waals surface area contributed by atoms with Gasteiger partial charge in [-0.3, -0.25) is 0 Å². The minimum absolute atomic E-state index is 0.184. The normalized spacial score (nSPS) is 20.7. The zero-order chi connectivity index (χ0) is 20.2. The van der Waals surface area contributed by atoms with E-state index in [2.05, 4.69) is 20.3 Å². The smallest absolute Gasteiger partial charge is 0.240 e. The summed E-state index contributed by atoms with van der Waals surface area (Å²) in [6.45, 7) is 5.40. The summed E-state index contributed by atoms with van der Waals surface area (Å²) < 4.78 is 34.7. The molecule has 1 atom stereocenters. The molecule has 1 aliphatic carbocycles. The molecule has 0 amide bonds. The van der Waals surface area contributed by atoms with Crippen LogP contribution in [0.25, 0.3) is 5.65 Å². The van der Waals surface area contributed by atoms with E-state index in [9.17, 15) is 8.76 Å².